The lowest BCUT2D eigenvalue weighted by Gasteiger charge is -2.58. The number of aliphatic hydroxyl groups is 1. The van der Waals surface area contributed by atoms with Gasteiger partial charge in [-0.3, -0.25) is 9.59 Å². The Bertz CT molecular complexity index is 1080. The number of aromatic nitrogens is 2. The Balaban J connectivity index is 1.10. The van der Waals surface area contributed by atoms with Gasteiger partial charge in [-0.25, -0.2) is 4.98 Å². The van der Waals surface area contributed by atoms with E-state index in [9.17, 15) is 14.7 Å². The highest BCUT2D eigenvalue weighted by Gasteiger charge is 2.58. The molecule has 1 unspecified atom stereocenters. The van der Waals surface area contributed by atoms with Crippen LogP contribution in [0.2, 0.25) is 0 Å². The molecule has 2 aromatic rings. The summed E-state index contributed by atoms with van der Waals surface area (Å²) in [5, 5.41) is 11.4. The molecule has 6 rings (SSSR count). The summed E-state index contributed by atoms with van der Waals surface area (Å²) in [4.78, 5) is 32.9. The summed E-state index contributed by atoms with van der Waals surface area (Å²) in [5.74, 6) is 0.552. The lowest BCUT2D eigenvalue weighted by Crippen LogP contribution is -2.60. The third kappa shape index (κ3) is 3.15. The highest BCUT2D eigenvalue weighted by atomic mass is 16.3. The molecule has 174 valence electrons. The zero-order chi connectivity index (χ0) is 22.7. The molecule has 1 spiro atoms. The monoisotopic (exact) mass is 448 g/mol. The molecule has 3 atom stereocenters. The molecule has 7 nitrogen and oxygen atoms in total. The lowest BCUT2D eigenvalue weighted by atomic mass is 9.53. The maximum Gasteiger partial charge on any atom is 0.225 e. The largest absolute Gasteiger partial charge is 0.392 e. The maximum atomic E-state index is 13.1. The van der Waals surface area contributed by atoms with Crippen LogP contribution in [0.15, 0.2) is 36.8 Å². The maximum absolute atomic E-state index is 13.1. The minimum Gasteiger partial charge on any atom is -0.392 e. The molecule has 1 saturated carbocycles. The summed E-state index contributed by atoms with van der Waals surface area (Å²) in [6.07, 6.45) is 7.71. The SMILES string of the molecule is CC(=O)N1CCC(C(=O)N2CCC3(CC2)C[C@@H](C2c4ccccc4-c4cncn42)[C@H]3O)CC1. The first-order chi connectivity index (χ1) is 16.0. The molecule has 3 fully saturated rings. The van der Waals surface area contributed by atoms with Crippen LogP contribution in [0, 0.1) is 17.3 Å². The van der Waals surface area contributed by atoms with Crippen LogP contribution in [0.1, 0.15) is 50.6 Å². The number of hydrogen-bond donors (Lipinski definition) is 1. The van der Waals surface area contributed by atoms with Gasteiger partial charge in [-0.15, -0.1) is 0 Å². The fraction of sp³-hybridized carbons (Fsp3) is 0.577. The molecule has 1 N–H and O–H groups in total. The van der Waals surface area contributed by atoms with Gasteiger partial charge in [-0.2, -0.15) is 0 Å². The molecule has 1 aromatic carbocycles. The summed E-state index contributed by atoms with van der Waals surface area (Å²) < 4.78 is 2.23. The number of nitrogens with zero attached hydrogens (tertiary/aromatic N) is 4. The minimum atomic E-state index is -0.361. The van der Waals surface area contributed by atoms with E-state index in [0.29, 0.717) is 13.1 Å². The van der Waals surface area contributed by atoms with Crippen molar-refractivity contribution in [2.45, 2.75) is 51.2 Å². The summed E-state index contributed by atoms with van der Waals surface area (Å²) in [6, 6.07) is 8.62. The standard InChI is InChI=1S/C26H32N4O3/c1-17(31)28-10-6-18(7-11-28)25(33)29-12-8-26(9-13-29)14-21(24(26)32)23-20-5-3-2-4-19(20)22-15-27-16-30(22)23/h2-5,15-16,18,21,23-24,32H,6-14H2,1H3/t21-,23?,24+/m0/s1. The first-order valence-corrected chi connectivity index (χ1v) is 12.3. The van der Waals surface area contributed by atoms with Crippen molar-refractivity contribution in [1.29, 1.82) is 0 Å². The third-order valence-electron chi connectivity index (χ3n) is 8.96. The van der Waals surface area contributed by atoms with Gasteiger partial charge < -0.3 is 19.5 Å². The number of hydrogen-bond acceptors (Lipinski definition) is 4. The van der Waals surface area contributed by atoms with Crippen LogP contribution < -0.4 is 0 Å². The predicted octanol–water partition coefficient (Wildman–Crippen LogP) is 2.70. The van der Waals surface area contributed by atoms with E-state index in [-0.39, 0.29) is 41.2 Å². The van der Waals surface area contributed by atoms with Gasteiger partial charge in [0, 0.05) is 55.9 Å². The second kappa shape index (κ2) is 7.69. The molecule has 2 amide bonds. The molecular weight excluding hydrogens is 416 g/mol. The molecule has 2 saturated heterocycles. The number of aliphatic hydroxyl groups excluding tert-OH is 1. The smallest absolute Gasteiger partial charge is 0.225 e. The molecular formula is C26H32N4O3. The van der Waals surface area contributed by atoms with Gasteiger partial charge in [0.2, 0.25) is 11.8 Å². The Morgan fingerprint density at radius 1 is 1.06 bits per heavy atom. The molecule has 4 heterocycles. The van der Waals surface area contributed by atoms with Gasteiger partial charge in [-0.1, -0.05) is 24.3 Å². The van der Waals surface area contributed by atoms with E-state index in [0.717, 1.165) is 50.9 Å². The Morgan fingerprint density at radius 3 is 2.48 bits per heavy atom. The van der Waals surface area contributed by atoms with Gasteiger partial charge in [0.1, 0.15) is 0 Å². The van der Waals surface area contributed by atoms with Crippen molar-refractivity contribution in [3.05, 3.63) is 42.4 Å². The van der Waals surface area contributed by atoms with Crippen molar-refractivity contribution in [2.75, 3.05) is 26.2 Å². The number of piperidine rings is 2. The Hall–Kier alpha value is -2.67. The van der Waals surface area contributed by atoms with Crippen LogP contribution in [0.25, 0.3) is 11.3 Å². The number of amides is 2. The Labute approximate surface area is 194 Å². The molecule has 1 aliphatic carbocycles. The number of rotatable bonds is 2. The number of imidazole rings is 1. The van der Waals surface area contributed by atoms with E-state index in [1.165, 1.54) is 11.1 Å². The normalized spacial score (nSPS) is 28.4. The average molecular weight is 449 g/mol. The average Bonchev–Trinajstić information content (AvgIpc) is 3.44. The summed E-state index contributed by atoms with van der Waals surface area (Å²) in [7, 11) is 0. The van der Waals surface area contributed by atoms with Crippen molar-refractivity contribution in [3.63, 3.8) is 0 Å². The Kier molecular flexibility index (Phi) is 4.87. The van der Waals surface area contributed by atoms with Crippen LogP contribution in [0.4, 0.5) is 0 Å². The van der Waals surface area contributed by atoms with Gasteiger partial charge in [0.25, 0.3) is 0 Å². The fourth-order valence-corrected chi connectivity index (χ4v) is 6.96. The molecule has 3 aliphatic heterocycles. The molecule has 0 radical (unpaired) electrons. The number of likely N-dealkylation sites (tertiary alicyclic amines) is 2. The van der Waals surface area contributed by atoms with Crippen molar-refractivity contribution < 1.29 is 14.7 Å². The van der Waals surface area contributed by atoms with Gasteiger partial charge >= 0.3 is 0 Å². The zero-order valence-electron chi connectivity index (χ0n) is 19.2. The van der Waals surface area contributed by atoms with E-state index in [2.05, 4.69) is 33.8 Å². The van der Waals surface area contributed by atoms with E-state index in [1.54, 1.807) is 6.92 Å². The minimum absolute atomic E-state index is 0.0309. The fourth-order valence-electron chi connectivity index (χ4n) is 6.96. The number of fused-ring (bicyclic) bond motifs is 3. The Morgan fingerprint density at radius 2 is 1.79 bits per heavy atom. The lowest BCUT2D eigenvalue weighted by molar-refractivity contribution is -0.166. The number of benzene rings is 1. The van der Waals surface area contributed by atoms with Crippen molar-refractivity contribution in [1.82, 2.24) is 19.4 Å². The van der Waals surface area contributed by atoms with Crippen molar-refractivity contribution >= 4 is 11.8 Å². The number of carbonyl (C=O) groups is 2. The van der Waals surface area contributed by atoms with E-state index in [1.807, 2.05) is 22.3 Å². The van der Waals surface area contributed by atoms with Gasteiger partial charge in [0.05, 0.1) is 30.4 Å². The first-order valence-electron chi connectivity index (χ1n) is 12.3. The summed E-state index contributed by atoms with van der Waals surface area (Å²) in [5.41, 5.74) is 3.58. The molecule has 0 bridgehead atoms. The van der Waals surface area contributed by atoms with Crippen LogP contribution in [-0.2, 0) is 9.59 Å². The summed E-state index contributed by atoms with van der Waals surface area (Å²) in [6.45, 7) is 4.42. The first kappa shape index (κ1) is 20.9. The molecule has 4 aliphatic rings. The molecule has 7 heteroatoms. The van der Waals surface area contributed by atoms with Crippen LogP contribution in [0.5, 0.6) is 0 Å². The van der Waals surface area contributed by atoms with E-state index in [4.69, 9.17) is 0 Å². The molecule has 1 aromatic heterocycles. The van der Waals surface area contributed by atoms with Crippen LogP contribution >= 0.6 is 0 Å². The van der Waals surface area contributed by atoms with Crippen LogP contribution in [0.3, 0.4) is 0 Å². The topological polar surface area (TPSA) is 78.7 Å². The third-order valence-corrected chi connectivity index (χ3v) is 8.96. The van der Waals surface area contributed by atoms with E-state index < -0.39 is 0 Å². The predicted molar refractivity (Wildman–Crippen MR) is 123 cm³/mol. The second-order valence-electron chi connectivity index (χ2n) is 10.5. The van der Waals surface area contributed by atoms with E-state index >= 15 is 0 Å². The summed E-state index contributed by atoms with van der Waals surface area (Å²) >= 11 is 0. The highest BCUT2D eigenvalue weighted by Crippen LogP contribution is 2.59. The quantitative estimate of drug-likeness (QED) is 0.766. The second-order valence-corrected chi connectivity index (χ2v) is 10.5. The van der Waals surface area contributed by atoms with Gasteiger partial charge in [-0.05, 0) is 37.7 Å². The molecule has 33 heavy (non-hydrogen) atoms. The zero-order valence-corrected chi connectivity index (χ0v) is 19.2. The van der Waals surface area contributed by atoms with Crippen LogP contribution in [-0.4, -0.2) is 68.6 Å². The van der Waals surface area contributed by atoms with Crippen molar-refractivity contribution in [3.8, 4) is 11.3 Å². The number of carbonyl (C=O) groups excluding carboxylic acids is 2. The van der Waals surface area contributed by atoms with Crippen molar-refractivity contribution in [2.24, 2.45) is 17.3 Å². The highest BCUT2D eigenvalue weighted by molar-refractivity contribution is 5.80. The van der Waals surface area contributed by atoms with Gasteiger partial charge in [0.15, 0.2) is 0 Å².